The Morgan fingerprint density at radius 1 is 1.27 bits per heavy atom. The molecule has 0 aromatic heterocycles. The predicted octanol–water partition coefficient (Wildman–Crippen LogP) is 1.37. The van der Waals surface area contributed by atoms with E-state index >= 15 is 0 Å². The van der Waals surface area contributed by atoms with E-state index in [0.717, 1.165) is 0 Å². The smallest absolute Gasteiger partial charge is 0.321 e. The van der Waals surface area contributed by atoms with Crippen molar-refractivity contribution in [3.05, 3.63) is 0 Å². The van der Waals surface area contributed by atoms with Crippen LogP contribution >= 0.6 is 0 Å². The molecule has 0 saturated heterocycles. The van der Waals surface area contributed by atoms with Crippen LogP contribution in [0.4, 0.5) is 0 Å². The van der Waals surface area contributed by atoms with Crippen molar-refractivity contribution in [2.24, 2.45) is 5.41 Å². The number of hydrogen-bond donors (Lipinski definition) is 2. The third kappa shape index (κ3) is 3.51. The highest BCUT2D eigenvalue weighted by atomic mass is 16.5. The number of aliphatic carboxylic acids is 2. The molecule has 88 valence electrons. The van der Waals surface area contributed by atoms with E-state index in [1.165, 1.54) is 0 Å². The molecule has 0 saturated carbocycles. The number of rotatable bonds is 7. The van der Waals surface area contributed by atoms with Crippen LogP contribution in [-0.4, -0.2) is 34.9 Å². The van der Waals surface area contributed by atoms with Gasteiger partial charge in [-0.05, 0) is 26.7 Å². The molecule has 0 unspecified atom stereocenters. The van der Waals surface area contributed by atoms with Gasteiger partial charge in [-0.25, -0.2) is 0 Å². The Labute approximate surface area is 89.0 Å². The molecule has 0 rings (SSSR count). The fourth-order valence-electron chi connectivity index (χ4n) is 1.25. The van der Waals surface area contributed by atoms with Crippen LogP contribution in [0.3, 0.4) is 0 Å². The van der Waals surface area contributed by atoms with Crippen molar-refractivity contribution >= 4 is 11.9 Å². The molecule has 0 heterocycles. The molecule has 0 aliphatic heterocycles. The molecule has 0 aromatic rings. The Morgan fingerprint density at radius 3 is 2.00 bits per heavy atom. The molecule has 15 heavy (non-hydrogen) atoms. The first-order valence-electron chi connectivity index (χ1n) is 4.95. The zero-order valence-electron chi connectivity index (χ0n) is 9.32. The maximum atomic E-state index is 10.9. The summed E-state index contributed by atoms with van der Waals surface area (Å²) < 4.78 is 5.17. The monoisotopic (exact) mass is 218 g/mol. The van der Waals surface area contributed by atoms with E-state index in [0.29, 0.717) is 0 Å². The maximum Gasteiger partial charge on any atom is 0.321 e. The van der Waals surface area contributed by atoms with E-state index in [-0.39, 0.29) is 25.6 Å². The van der Waals surface area contributed by atoms with Gasteiger partial charge < -0.3 is 14.9 Å². The van der Waals surface area contributed by atoms with Crippen LogP contribution in [0.1, 0.15) is 33.6 Å². The minimum Gasteiger partial charge on any atom is -0.480 e. The molecule has 5 nitrogen and oxygen atoms in total. The molecule has 0 aliphatic carbocycles. The molecule has 5 heteroatoms. The van der Waals surface area contributed by atoms with Crippen molar-refractivity contribution in [2.45, 2.75) is 39.7 Å². The average molecular weight is 218 g/mol. The Bertz CT molecular complexity index is 220. The summed E-state index contributed by atoms with van der Waals surface area (Å²) in [5.41, 5.74) is -1.71. The van der Waals surface area contributed by atoms with Gasteiger partial charge in [0.25, 0.3) is 0 Å². The highest BCUT2D eigenvalue weighted by Crippen LogP contribution is 2.27. The third-order valence-electron chi connectivity index (χ3n) is 2.40. The van der Waals surface area contributed by atoms with E-state index in [1.54, 1.807) is 6.92 Å². The normalized spacial score (nSPS) is 11.7. The Morgan fingerprint density at radius 2 is 1.73 bits per heavy atom. The zero-order chi connectivity index (χ0) is 12.1. The third-order valence-corrected chi connectivity index (χ3v) is 2.40. The fourth-order valence-corrected chi connectivity index (χ4v) is 1.25. The van der Waals surface area contributed by atoms with E-state index in [4.69, 9.17) is 14.9 Å². The van der Waals surface area contributed by atoms with Crippen molar-refractivity contribution in [1.82, 2.24) is 0 Å². The molecule has 0 aliphatic rings. The predicted molar refractivity (Wildman–Crippen MR) is 53.7 cm³/mol. The van der Waals surface area contributed by atoms with Crippen molar-refractivity contribution in [3.8, 4) is 0 Å². The molecule has 0 spiro atoms. The molecule has 0 fully saturated rings. The molecule has 0 bridgehead atoms. The second-order valence-electron chi connectivity index (χ2n) is 3.72. The second kappa shape index (κ2) is 5.70. The van der Waals surface area contributed by atoms with E-state index in [1.807, 2.05) is 13.8 Å². The molecular weight excluding hydrogens is 200 g/mol. The van der Waals surface area contributed by atoms with Crippen LogP contribution in [0.15, 0.2) is 0 Å². The van der Waals surface area contributed by atoms with Gasteiger partial charge in [-0.2, -0.15) is 0 Å². The van der Waals surface area contributed by atoms with Crippen molar-refractivity contribution in [1.29, 1.82) is 0 Å². The van der Waals surface area contributed by atoms with Gasteiger partial charge in [0.15, 0.2) is 5.41 Å². The molecule has 0 amide bonds. The van der Waals surface area contributed by atoms with Crippen molar-refractivity contribution < 1.29 is 24.5 Å². The quantitative estimate of drug-likeness (QED) is 0.630. The Hall–Kier alpha value is -1.10. The summed E-state index contributed by atoms with van der Waals surface area (Å²) in [6.45, 7) is 5.33. The van der Waals surface area contributed by atoms with Crippen LogP contribution < -0.4 is 0 Å². The molecule has 0 atom stereocenters. The fraction of sp³-hybridized carbons (Fsp3) is 0.800. The van der Waals surface area contributed by atoms with Gasteiger partial charge in [-0.3, -0.25) is 9.59 Å². The first-order chi connectivity index (χ1) is 6.86. The van der Waals surface area contributed by atoms with Crippen molar-refractivity contribution in [2.75, 3.05) is 6.61 Å². The van der Waals surface area contributed by atoms with Crippen LogP contribution in [0.5, 0.6) is 0 Å². The number of carboxylic acids is 2. The summed E-state index contributed by atoms with van der Waals surface area (Å²) >= 11 is 0. The lowest BCUT2D eigenvalue weighted by Gasteiger charge is -2.23. The highest BCUT2D eigenvalue weighted by molar-refractivity contribution is 5.98. The first kappa shape index (κ1) is 13.9. The summed E-state index contributed by atoms with van der Waals surface area (Å²) in [4.78, 5) is 21.9. The van der Waals surface area contributed by atoms with Gasteiger partial charge in [-0.1, -0.05) is 6.92 Å². The van der Waals surface area contributed by atoms with Crippen LogP contribution in [0.2, 0.25) is 0 Å². The topological polar surface area (TPSA) is 83.8 Å². The van der Waals surface area contributed by atoms with Gasteiger partial charge in [0, 0.05) is 6.61 Å². The SMILES string of the molecule is CCC(CCOC(C)C)(C(=O)O)C(=O)O. The molecule has 2 N–H and O–H groups in total. The first-order valence-corrected chi connectivity index (χ1v) is 4.95. The van der Waals surface area contributed by atoms with E-state index < -0.39 is 17.4 Å². The summed E-state index contributed by atoms with van der Waals surface area (Å²) in [6.07, 6.45) is 0.0213. The van der Waals surface area contributed by atoms with Crippen LogP contribution in [0.25, 0.3) is 0 Å². The van der Waals surface area contributed by atoms with E-state index in [9.17, 15) is 9.59 Å². The van der Waals surface area contributed by atoms with Gasteiger partial charge in [0.1, 0.15) is 0 Å². The minimum absolute atomic E-state index is 0.00759. The number of carbonyl (C=O) groups is 2. The summed E-state index contributed by atoms with van der Waals surface area (Å²) in [5.74, 6) is -2.60. The lowest BCUT2D eigenvalue weighted by Crippen LogP contribution is -2.40. The maximum absolute atomic E-state index is 10.9. The summed E-state index contributed by atoms with van der Waals surface area (Å²) in [7, 11) is 0. The highest BCUT2D eigenvalue weighted by Gasteiger charge is 2.44. The summed E-state index contributed by atoms with van der Waals surface area (Å²) in [6, 6.07) is 0. The number of carboxylic acid groups (broad SMARTS) is 2. The largest absolute Gasteiger partial charge is 0.480 e. The second-order valence-corrected chi connectivity index (χ2v) is 3.72. The average Bonchev–Trinajstić information content (AvgIpc) is 2.10. The standard InChI is InChI=1S/C10H18O5/c1-4-10(8(11)12,9(13)14)5-6-15-7(2)3/h7H,4-6H2,1-3H3,(H,11,12)(H,13,14). The lowest BCUT2D eigenvalue weighted by molar-refractivity contribution is -0.166. The number of hydrogen-bond acceptors (Lipinski definition) is 3. The van der Waals surface area contributed by atoms with Gasteiger partial charge in [-0.15, -0.1) is 0 Å². The van der Waals surface area contributed by atoms with Gasteiger partial charge in [0.05, 0.1) is 6.10 Å². The van der Waals surface area contributed by atoms with Gasteiger partial charge in [0.2, 0.25) is 0 Å². The zero-order valence-corrected chi connectivity index (χ0v) is 9.32. The van der Waals surface area contributed by atoms with Crippen LogP contribution in [0, 0.1) is 5.41 Å². The van der Waals surface area contributed by atoms with Crippen molar-refractivity contribution in [3.63, 3.8) is 0 Å². The molecule has 0 radical (unpaired) electrons. The molecule has 0 aromatic carbocycles. The van der Waals surface area contributed by atoms with E-state index in [2.05, 4.69) is 0 Å². The number of ether oxygens (including phenoxy) is 1. The minimum atomic E-state index is -1.71. The molecular formula is C10H18O5. The van der Waals surface area contributed by atoms with Gasteiger partial charge >= 0.3 is 11.9 Å². The Balaban J connectivity index is 4.50. The van der Waals surface area contributed by atoms with Crippen LogP contribution in [-0.2, 0) is 14.3 Å². The summed E-state index contributed by atoms with van der Waals surface area (Å²) in [5, 5.41) is 17.8. The Kier molecular flexibility index (Phi) is 5.28. The lowest BCUT2D eigenvalue weighted by atomic mass is 9.82.